The molecule has 1 aromatic rings. The summed E-state index contributed by atoms with van der Waals surface area (Å²) in [5, 5.41) is 0. The van der Waals surface area contributed by atoms with Gasteiger partial charge in [0.1, 0.15) is 5.57 Å². The lowest BCUT2D eigenvalue weighted by molar-refractivity contribution is -0.222. The highest BCUT2D eigenvalue weighted by molar-refractivity contribution is 6.18. The summed E-state index contributed by atoms with van der Waals surface area (Å²) in [6.07, 6.45) is 1.50. The standard InChI is InChI=1S/C18H21NO5/c1-18(2)23-16(20)15(17(21)24-18)11-13-3-5-14(6-4-13)12-19-7-9-22-10-8-19/h3-6,11H,7-10,12H2,1-2H3. The summed E-state index contributed by atoms with van der Waals surface area (Å²) in [5.74, 6) is -2.53. The first-order valence-electron chi connectivity index (χ1n) is 8.00. The highest BCUT2D eigenvalue weighted by Gasteiger charge is 2.38. The number of hydrogen-bond donors (Lipinski definition) is 0. The molecule has 0 bridgehead atoms. The first kappa shape index (κ1) is 16.7. The van der Waals surface area contributed by atoms with Crippen LogP contribution in [-0.4, -0.2) is 48.9 Å². The summed E-state index contributed by atoms with van der Waals surface area (Å²) >= 11 is 0. The molecule has 2 aliphatic rings. The van der Waals surface area contributed by atoms with Crippen LogP contribution in [0.3, 0.4) is 0 Å². The van der Waals surface area contributed by atoms with Crippen LogP contribution in [0.25, 0.3) is 6.08 Å². The molecular weight excluding hydrogens is 310 g/mol. The van der Waals surface area contributed by atoms with Crippen molar-refractivity contribution in [1.82, 2.24) is 4.90 Å². The quantitative estimate of drug-likeness (QED) is 0.477. The number of cyclic esters (lactones) is 2. The zero-order valence-corrected chi connectivity index (χ0v) is 13.9. The number of benzene rings is 1. The van der Waals surface area contributed by atoms with Gasteiger partial charge in [0.25, 0.3) is 5.79 Å². The average molecular weight is 331 g/mol. The van der Waals surface area contributed by atoms with Gasteiger partial charge in [-0.05, 0) is 17.2 Å². The molecule has 0 radical (unpaired) electrons. The number of ether oxygens (including phenoxy) is 3. The van der Waals surface area contributed by atoms with Crippen LogP contribution < -0.4 is 0 Å². The summed E-state index contributed by atoms with van der Waals surface area (Å²) in [7, 11) is 0. The van der Waals surface area contributed by atoms with Crippen LogP contribution >= 0.6 is 0 Å². The van der Waals surface area contributed by atoms with E-state index in [1.807, 2.05) is 24.3 Å². The average Bonchev–Trinajstić information content (AvgIpc) is 2.53. The predicted molar refractivity (Wildman–Crippen MR) is 86.8 cm³/mol. The molecule has 24 heavy (non-hydrogen) atoms. The van der Waals surface area contributed by atoms with Crippen molar-refractivity contribution in [3.05, 3.63) is 41.0 Å². The van der Waals surface area contributed by atoms with Crippen LogP contribution in [-0.2, 0) is 30.3 Å². The fourth-order valence-corrected chi connectivity index (χ4v) is 2.68. The second-order valence-electron chi connectivity index (χ2n) is 6.37. The smallest absolute Gasteiger partial charge is 0.348 e. The fraction of sp³-hybridized carbons (Fsp3) is 0.444. The van der Waals surface area contributed by atoms with Crippen LogP contribution in [0.15, 0.2) is 29.8 Å². The van der Waals surface area contributed by atoms with E-state index in [0.29, 0.717) is 0 Å². The number of rotatable bonds is 3. The largest absolute Gasteiger partial charge is 0.419 e. The highest BCUT2D eigenvalue weighted by atomic mass is 16.7. The van der Waals surface area contributed by atoms with Gasteiger partial charge < -0.3 is 14.2 Å². The summed E-state index contributed by atoms with van der Waals surface area (Å²) in [5.41, 5.74) is 1.84. The Morgan fingerprint density at radius 1 is 1.04 bits per heavy atom. The van der Waals surface area contributed by atoms with Gasteiger partial charge in [-0.3, -0.25) is 4.90 Å². The van der Waals surface area contributed by atoms with Crippen molar-refractivity contribution in [1.29, 1.82) is 0 Å². The van der Waals surface area contributed by atoms with Crippen molar-refractivity contribution in [3.63, 3.8) is 0 Å². The predicted octanol–water partition coefficient (Wildman–Crippen LogP) is 1.74. The molecular formula is C18H21NO5. The molecule has 0 unspecified atom stereocenters. The molecule has 128 valence electrons. The van der Waals surface area contributed by atoms with E-state index in [2.05, 4.69) is 4.90 Å². The van der Waals surface area contributed by atoms with Crippen molar-refractivity contribution in [2.45, 2.75) is 26.2 Å². The lowest BCUT2D eigenvalue weighted by atomic mass is 10.1. The van der Waals surface area contributed by atoms with E-state index in [9.17, 15) is 9.59 Å². The molecule has 2 aliphatic heterocycles. The normalized spacial score (nSPS) is 21.2. The Balaban J connectivity index is 1.69. The maximum atomic E-state index is 11.9. The minimum atomic E-state index is -1.21. The molecule has 0 amide bonds. The Morgan fingerprint density at radius 2 is 1.62 bits per heavy atom. The van der Waals surface area contributed by atoms with Crippen molar-refractivity contribution in [3.8, 4) is 0 Å². The van der Waals surface area contributed by atoms with E-state index in [4.69, 9.17) is 14.2 Å². The summed E-state index contributed by atoms with van der Waals surface area (Å²) in [6.45, 7) is 7.31. The Kier molecular flexibility index (Phi) is 4.69. The zero-order chi connectivity index (χ0) is 17.2. The lowest BCUT2D eigenvalue weighted by Crippen LogP contribution is -2.41. The van der Waals surface area contributed by atoms with Crippen LogP contribution in [0.5, 0.6) is 0 Å². The minimum absolute atomic E-state index is 0.0877. The number of morpholine rings is 1. The SMILES string of the molecule is CC1(C)OC(=O)C(=Cc2ccc(CN3CCOCC3)cc2)C(=O)O1. The Hall–Kier alpha value is -2.18. The summed E-state index contributed by atoms with van der Waals surface area (Å²) in [6, 6.07) is 7.74. The monoisotopic (exact) mass is 331 g/mol. The molecule has 0 N–H and O–H groups in total. The third kappa shape index (κ3) is 4.01. The summed E-state index contributed by atoms with van der Waals surface area (Å²) in [4.78, 5) is 26.2. The molecule has 6 heteroatoms. The number of carbonyl (C=O) groups is 2. The number of esters is 2. The molecule has 0 aromatic heterocycles. The van der Waals surface area contributed by atoms with Gasteiger partial charge in [0.2, 0.25) is 0 Å². The van der Waals surface area contributed by atoms with Gasteiger partial charge in [0.15, 0.2) is 0 Å². The van der Waals surface area contributed by atoms with Gasteiger partial charge in [0.05, 0.1) is 13.2 Å². The Labute approximate surface area is 141 Å². The van der Waals surface area contributed by atoms with Gasteiger partial charge in [-0.15, -0.1) is 0 Å². The third-order valence-electron chi connectivity index (χ3n) is 3.92. The molecule has 2 heterocycles. The van der Waals surface area contributed by atoms with Crippen LogP contribution in [0.4, 0.5) is 0 Å². The Bertz CT molecular complexity index is 634. The third-order valence-corrected chi connectivity index (χ3v) is 3.92. The van der Waals surface area contributed by atoms with Crippen LogP contribution in [0.2, 0.25) is 0 Å². The van der Waals surface area contributed by atoms with Crippen molar-refractivity contribution < 1.29 is 23.8 Å². The zero-order valence-electron chi connectivity index (χ0n) is 13.9. The van der Waals surface area contributed by atoms with Crippen molar-refractivity contribution >= 4 is 18.0 Å². The molecule has 6 nitrogen and oxygen atoms in total. The fourth-order valence-electron chi connectivity index (χ4n) is 2.68. The van der Waals surface area contributed by atoms with E-state index >= 15 is 0 Å². The molecule has 0 aliphatic carbocycles. The van der Waals surface area contributed by atoms with Gasteiger partial charge in [-0.25, -0.2) is 9.59 Å². The molecule has 2 saturated heterocycles. The maximum Gasteiger partial charge on any atom is 0.348 e. The molecule has 1 aromatic carbocycles. The molecule has 2 fully saturated rings. The van der Waals surface area contributed by atoms with E-state index in [1.165, 1.54) is 25.5 Å². The molecule has 0 atom stereocenters. The number of hydrogen-bond acceptors (Lipinski definition) is 6. The van der Waals surface area contributed by atoms with Gasteiger partial charge in [-0.2, -0.15) is 0 Å². The van der Waals surface area contributed by atoms with Gasteiger partial charge >= 0.3 is 11.9 Å². The first-order chi connectivity index (χ1) is 11.4. The van der Waals surface area contributed by atoms with E-state index in [1.54, 1.807) is 0 Å². The molecule has 3 rings (SSSR count). The lowest BCUT2D eigenvalue weighted by Gasteiger charge is -2.29. The molecule has 0 saturated carbocycles. The van der Waals surface area contributed by atoms with E-state index in [-0.39, 0.29) is 5.57 Å². The van der Waals surface area contributed by atoms with Crippen molar-refractivity contribution in [2.24, 2.45) is 0 Å². The van der Waals surface area contributed by atoms with E-state index < -0.39 is 17.7 Å². The topological polar surface area (TPSA) is 65.1 Å². The van der Waals surface area contributed by atoms with Crippen LogP contribution in [0.1, 0.15) is 25.0 Å². The van der Waals surface area contributed by atoms with E-state index in [0.717, 1.165) is 38.4 Å². The van der Waals surface area contributed by atoms with Gasteiger partial charge in [-0.1, -0.05) is 24.3 Å². The first-order valence-corrected chi connectivity index (χ1v) is 8.00. The highest BCUT2D eigenvalue weighted by Crippen LogP contribution is 2.24. The number of nitrogens with zero attached hydrogens (tertiary/aromatic N) is 1. The Morgan fingerprint density at radius 3 is 2.21 bits per heavy atom. The number of carbonyl (C=O) groups excluding carboxylic acids is 2. The van der Waals surface area contributed by atoms with Crippen molar-refractivity contribution in [2.75, 3.05) is 26.3 Å². The van der Waals surface area contributed by atoms with Gasteiger partial charge in [0, 0.05) is 33.5 Å². The second kappa shape index (κ2) is 6.75. The molecule has 0 spiro atoms. The maximum absolute atomic E-state index is 11.9. The van der Waals surface area contributed by atoms with Crippen LogP contribution in [0, 0.1) is 0 Å². The minimum Gasteiger partial charge on any atom is -0.419 e. The second-order valence-corrected chi connectivity index (χ2v) is 6.37. The summed E-state index contributed by atoms with van der Waals surface area (Å²) < 4.78 is 15.5.